The largest absolute Gasteiger partial charge is 0.508 e. The number of phenolic OH excluding ortho intramolecular Hbond substituents is 1. The molecule has 2 aromatic carbocycles. The Morgan fingerprint density at radius 2 is 1.72 bits per heavy atom. The average molecular weight is 593 g/mol. The van der Waals surface area contributed by atoms with E-state index in [1.807, 2.05) is 0 Å². The zero-order valence-electron chi connectivity index (χ0n) is 23.9. The lowest BCUT2D eigenvalue weighted by Crippen LogP contribution is -2.65. The molecule has 0 bridgehead atoms. The van der Waals surface area contributed by atoms with Gasteiger partial charge in [-0.2, -0.15) is 0 Å². The summed E-state index contributed by atoms with van der Waals surface area (Å²) in [6.45, 7) is 0. The third-order valence-corrected chi connectivity index (χ3v) is 8.37. The Labute approximate surface area is 246 Å². The highest BCUT2D eigenvalue weighted by Gasteiger charge is 2.64. The molecule has 4 atom stereocenters. The van der Waals surface area contributed by atoms with Crippen LogP contribution in [0.25, 0.3) is 5.76 Å². The number of nitrogens with zero attached hydrogens (tertiary/aromatic N) is 2. The number of Topliss-reactive ketones (excluding diaryl/α,β-unsaturated/α-hetero) is 2. The molecule has 5 rings (SSSR count). The van der Waals surface area contributed by atoms with Crippen molar-refractivity contribution < 1.29 is 44.3 Å². The second kappa shape index (κ2) is 10.4. The second-order valence-electron chi connectivity index (χ2n) is 11.3. The van der Waals surface area contributed by atoms with Crippen LogP contribution in [0.5, 0.6) is 11.5 Å². The molecule has 13 nitrogen and oxygen atoms in total. The van der Waals surface area contributed by atoms with Crippen LogP contribution in [0.3, 0.4) is 0 Å². The van der Waals surface area contributed by atoms with Crippen molar-refractivity contribution in [3.05, 3.63) is 64.4 Å². The molecule has 3 aliphatic carbocycles. The first kappa shape index (κ1) is 29.6. The molecule has 0 unspecified atom stereocenters. The molecule has 1 saturated carbocycles. The molecule has 226 valence electrons. The molecule has 0 aliphatic heterocycles. The maximum absolute atomic E-state index is 14.1. The van der Waals surface area contributed by atoms with Gasteiger partial charge >= 0.3 is 6.09 Å². The standard InChI is InChI=1S/C30H32N4O9/c1-33(2)18-12-17(32-29(41)43-14-8-6-5-7-9-14)23(35)20-15(18)10-13-11-16-22(34(3)4)25(37)21(28(31)40)27(39)30(16,42)26(38)19(13)24(20)36/h5-9,12-13,16,22,35-36,39,42H,10-11H2,1-4H3,(H2,31,40)(H,32,41)/t13-,16-,22+,30-/m0/s1. The van der Waals surface area contributed by atoms with E-state index in [0.29, 0.717) is 11.3 Å². The fourth-order valence-corrected chi connectivity index (χ4v) is 6.52. The smallest absolute Gasteiger partial charge is 0.417 e. The van der Waals surface area contributed by atoms with Gasteiger partial charge in [0.25, 0.3) is 5.91 Å². The topological polar surface area (TPSA) is 203 Å². The zero-order chi connectivity index (χ0) is 31.5. The van der Waals surface area contributed by atoms with Gasteiger partial charge < -0.3 is 35.8 Å². The summed E-state index contributed by atoms with van der Waals surface area (Å²) >= 11 is 0. The van der Waals surface area contributed by atoms with E-state index in [2.05, 4.69) is 5.32 Å². The first-order valence-corrected chi connectivity index (χ1v) is 13.4. The molecule has 13 heteroatoms. The van der Waals surface area contributed by atoms with Gasteiger partial charge in [-0.3, -0.25) is 24.6 Å². The zero-order valence-corrected chi connectivity index (χ0v) is 23.9. The SMILES string of the molecule is CN(C)c1cc(NC(=O)Oc2ccccc2)c(O)c2c1C[C@H]1C[C@H]3[C@@H](N(C)C)C(=O)C(C(N)=O)=C(O)[C@@]3(O)C(=O)C1=C2O. The summed E-state index contributed by atoms with van der Waals surface area (Å²) < 4.78 is 5.26. The van der Waals surface area contributed by atoms with Crippen molar-refractivity contribution in [3.63, 3.8) is 0 Å². The predicted octanol–water partition coefficient (Wildman–Crippen LogP) is 1.64. The van der Waals surface area contributed by atoms with Crippen LogP contribution < -0.4 is 20.7 Å². The van der Waals surface area contributed by atoms with E-state index in [-0.39, 0.29) is 35.4 Å². The van der Waals surface area contributed by atoms with E-state index in [0.717, 1.165) is 0 Å². The Balaban J connectivity index is 1.65. The predicted molar refractivity (Wildman–Crippen MR) is 155 cm³/mol. The Bertz CT molecular complexity index is 1630. The number of ketones is 2. The van der Waals surface area contributed by atoms with Crippen LogP contribution in [0.1, 0.15) is 17.5 Å². The first-order valence-electron chi connectivity index (χ1n) is 13.4. The number of aromatic hydroxyl groups is 1. The number of phenols is 1. The molecule has 0 saturated heterocycles. The summed E-state index contributed by atoms with van der Waals surface area (Å²) in [7, 11) is 6.51. The van der Waals surface area contributed by atoms with Crippen LogP contribution in [0.2, 0.25) is 0 Å². The minimum absolute atomic E-state index is 0.0389. The molecule has 2 amide bonds. The number of hydrogen-bond donors (Lipinski definition) is 6. The molecule has 0 radical (unpaired) electrons. The van der Waals surface area contributed by atoms with Crippen molar-refractivity contribution in [3.8, 4) is 11.5 Å². The summed E-state index contributed by atoms with van der Waals surface area (Å²) in [5, 5.41) is 48.1. The molecule has 0 heterocycles. The van der Waals surface area contributed by atoms with Gasteiger partial charge in [-0.05, 0) is 56.6 Å². The summed E-state index contributed by atoms with van der Waals surface area (Å²) in [4.78, 5) is 55.3. The van der Waals surface area contributed by atoms with Gasteiger partial charge in [0.05, 0.1) is 17.3 Å². The molecule has 3 aliphatic rings. The van der Waals surface area contributed by atoms with Crippen LogP contribution >= 0.6 is 0 Å². The fraction of sp³-hybridized carbons (Fsp3) is 0.333. The summed E-state index contributed by atoms with van der Waals surface area (Å²) in [5.74, 6) is -7.32. The molecular weight excluding hydrogens is 560 g/mol. The van der Waals surface area contributed by atoms with E-state index in [4.69, 9.17) is 10.5 Å². The number of likely N-dealkylation sites (N-methyl/N-ethyl adjacent to an activating group) is 1. The number of carbonyl (C=O) groups is 4. The molecule has 0 spiro atoms. The van der Waals surface area contributed by atoms with Crippen LogP contribution in [-0.2, 0) is 20.8 Å². The van der Waals surface area contributed by atoms with Gasteiger partial charge in [0.2, 0.25) is 5.78 Å². The number of nitrogens with two attached hydrogens (primary N) is 1. The van der Waals surface area contributed by atoms with Crippen molar-refractivity contribution in [2.24, 2.45) is 17.6 Å². The maximum atomic E-state index is 14.1. The van der Waals surface area contributed by atoms with E-state index >= 15 is 0 Å². The van der Waals surface area contributed by atoms with Crippen molar-refractivity contribution in [2.75, 3.05) is 38.4 Å². The highest BCUT2D eigenvalue weighted by molar-refractivity contribution is 6.24. The van der Waals surface area contributed by atoms with E-state index in [9.17, 15) is 39.6 Å². The molecule has 2 aromatic rings. The number of hydrogen-bond acceptors (Lipinski definition) is 11. The molecule has 7 N–H and O–H groups in total. The second-order valence-corrected chi connectivity index (χ2v) is 11.3. The van der Waals surface area contributed by atoms with Crippen molar-refractivity contribution >= 4 is 40.7 Å². The summed E-state index contributed by atoms with van der Waals surface area (Å²) in [6.07, 6.45) is -0.860. The number of rotatable bonds is 5. The number of amides is 2. The lowest BCUT2D eigenvalue weighted by atomic mass is 9.57. The van der Waals surface area contributed by atoms with E-state index < -0.39 is 69.9 Å². The van der Waals surface area contributed by atoms with Gasteiger partial charge in [-0.15, -0.1) is 0 Å². The van der Waals surface area contributed by atoms with Crippen molar-refractivity contribution in [1.29, 1.82) is 0 Å². The lowest BCUT2D eigenvalue weighted by Gasteiger charge is -2.50. The third kappa shape index (κ3) is 4.48. The average Bonchev–Trinajstić information content (AvgIpc) is 2.92. The van der Waals surface area contributed by atoms with Gasteiger partial charge in [0, 0.05) is 31.3 Å². The fourth-order valence-electron chi connectivity index (χ4n) is 6.52. The van der Waals surface area contributed by atoms with Gasteiger partial charge in [0.1, 0.15) is 22.8 Å². The van der Waals surface area contributed by atoms with Gasteiger partial charge in [0.15, 0.2) is 17.1 Å². The Kier molecular flexibility index (Phi) is 7.19. The normalized spacial score (nSPS) is 24.7. The molecule has 43 heavy (non-hydrogen) atoms. The number of para-hydroxylation sites is 1. The minimum atomic E-state index is -2.75. The Morgan fingerprint density at radius 3 is 2.30 bits per heavy atom. The number of primary amides is 1. The van der Waals surface area contributed by atoms with Crippen LogP contribution in [0.15, 0.2) is 53.3 Å². The highest BCUT2D eigenvalue weighted by Crippen LogP contribution is 2.54. The van der Waals surface area contributed by atoms with Crippen molar-refractivity contribution in [2.45, 2.75) is 24.5 Å². The number of carbonyl (C=O) groups excluding carboxylic acids is 4. The number of aliphatic hydroxyl groups excluding tert-OH is 2. The first-order chi connectivity index (χ1) is 20.2. The molecule has 0 aromatic heterocycles. The lowest BCUT2D eigenvalue weighted by molar-refractivity contribution is -0.153. The molecular formula is C30H32N4O9. The number of benzene rings is 2. The summed E-state index contributed by atoms with van der Waals surface area (Å²) in [6, 6.07) is 8.54. The summed E-state index contributed by atoms with van der Waals surface area (Å²) in [5.41, 5.74) is 2.12. The van der Waals surface area contributed by atoms with Gasteiger partial charge in [-0.1, -0.05) is 18.2 Å². The Morgan fingerprint density at radius 1 is 1.07 bits per heavy atom. The monoisotopic (exact) mass is 592 g/mol. The minimum Gasteiger partial charge on any atom is -0.508 e. The maximum Gasteiger partial charge on any atom is 0.417 e. The van der Waals surface area contributed by atoms with Crippen LogP contribution in [0, 0.1) is 11.8 Å². The third-order valence-electron chi connectivity index (χ3n) is 8.37. The number of nitrogens with one attached hydrogen (secondary N) is 1. The van der Waals surface area contributed by atoms with Crippen LogP contribution in [0.4, 0.5) is 16.2 Å². The number of ether oxygens (including phenoxy) is 1. The van der Waals surface area contributed by atoms with Crippen molar-refractivity contribution in [1.82, 2.24) is 4.90 Å². The van der Waals surface area contributed by atoms with E-state index in [1.54, 1.807) is 49.3 Å². The molecule has 1 fully saturated rings. The number of aliphatic hydroxyl groups is 3. The van der Waals surface area contributed by atoms with E-state index in [1.165, 1.54) is 25.1 Å². The Hall–Kier alpha value is -4.88. The highest BCUT2D eigenvalue weighted by atomic mass is 16.6. The number of fused-ring (bicyclic) bond motifs is 3. The van der Waals surface area contributed by atoms with Crippen LogP contribution in [-0.4, -0.2) is 88.7 Å². The quantitative estimate of drug-likeness (QED) is 0.218. The number of anilines is 2. The van der Waals surface area contributed by atoms with Gasteiger partial charge in [-0.25, -0.2) is 4.79 Å².